The molecule has 4 rings (SSSR count). The molecular weight excluding hydrogens is 382 g/mol. The number of carbonyl (C=O) groups is 3. The number of aryl methyl sites for hydroxylation is 1. The number of imide groups is 1. The van der Waals surface area contributed by atoms with Crippen molar-refractivity contribution in [2.24, 2.45) is 11.7 Å². The third-order valence-corrected chi connectivity index (χ3v) is 6.16. The summed E-state index contributed by atoms with van der Waals surface area (Å²) in [6.07, 6.45) is 4.25. The van der Waals surface area contributed by atoms with Gasteiger partial charge >= 0.3 is 6.03 Å². The molecule has 8 nitrogen and oxygen atoms in total. The topological polar surface area (TPSA) is 117 Å². The highest BCUT2D eigenvalue weighted by atomic mass is 16.2. The first-order chi connectivity index (χ1) is 14.5. The maximum atomic E-state index is 12.8. The van der Waals surface area contributed by atoms with Gasteiger partial charge in [0.05, 0.1) is 5.56 Å². The molecule has 156 valence electrons. The number of benzene rings is 1. The molecule has 1 aromatic heterocycles. The molecule has 0 aliphatic carbocycles. The van der Waals surface area contributed by atoms with E-state index < -0.39 is 17.5 Å². The zero-order valence-electron chi connectivity index (χ0n) is 16.6. The Balaban J connectivity index is 1.51. The molecule has 4 amide bonds. The number of primary amides is 1. The van der Waals surface area contributed by atoms with Gasteiger partial charge in [0.15, 0.2) is 0 Å². The third kappa shape index (κ3) is 3.72. The molecule has 0 spiro atoms. The second-order valence-corrected chi connectivity index (χ2v) is 7.87. The second kappa shape index (κ2) is 8.14. The summed E-state index contributed by atoms with van der Waals surface area (Å²) in [6, 6.07) is 12.9. The summed E-state index contributed by atoms with van der Waals surface area (Å²) < 4.78 is 0. The van der Waals surface area contributed by atoms with E-state index in [1.54, 1.807) is 18.3 Å². The lowest BCUT2D eigenvalue weighted by molar-refractivity contribution is -0.126. The van der Waals surface area contributed by atoms with Crippen LogP contribution in [0.2, 0.25) is 0 Å². The fourth-order valence-corrected chi connectivity index (χ4v) is 4.58. The molecule has 2 aliphatic heterocycles. The molecule has 2 fully saturated rings. The molecule has 0 unspecified atom stereocenters. The van der Waals surface area contributed by atoms with Crippen LogP contribution in [0.4, 0.5) is 10.6 Å². The predicted molar refractivity (Wildman–Crippen MR) is 112 cm³/mol. The summed E-state index contributed by atoms with van der Waals surface area (Å²) >= 11 is 0. The fourth-order valence-electron chi connectivity index (χ4n) is 4.58. The van der Waals surface area contributed by atoms with Gasteiger partial charge in [-0.15, -0.1) is 0 Å². The van der Waals surface area contributed by atoms with E-state index in [0.717, 1.165) is 5.56 Å². The quantitative estimate of drug-likeness (QED) is 0.629. The minimum atomic E-state index is -0.921. The van der Waals surface area contributed by atoms with Gasteiger partial charge in [-0.3, -0.25) is 14.9 Å². The number of urea groups is 1. The Bertz CT molecular complexity index is 956. The van der Waals surface area contributed by atoms with Gasteiger partial charge in [-0.1, -0.05) is 30.3 Å². The van der Waals surface area contributed by atoms with E-state index in [9.17, 15) is 14.4 Å². The average molecular weight is 407 g/mol. The van der Waals surface area contributed by atoms with Crippen LogP contribution >= 0.6 is 0 Å². The Labute approximate surface area is 174 Å². The highest BCUT2D eigenvalue weighted by Gasteiger charge is 2.51. The second-order valence-electron chi connectivity index (χ2n) is 7.87. The molecule has 30 heavy (non-hydrogen) atoms. The van der Waals surface area contributed by atoms with Crippen LogP contribution in [0.1, 0.15) is 35.2 Å². The molecule has 8 heteroatoms. The Morgan fingerprint density at radius 1 is 1.13 bits per heavy atom. The number of carbonyl (C=O) groups excluding carboxylic acids is 3. The van der Waals surface area contributed by atoms with Crippen LogP contribution < -0.4 is 21.3 Å². The number of hydrogen-bond donors (Lipinski definition) is 3. The molecule has 2 saturated heterocycles. The fraction of sp³-hybridized carbons (Fsp3) is 0.364. The van der Waals surface area contributed by atoms with Crippen molar-refractivity contribution in [3.63, 3.8) is 0 Å². The Kier molecular flexibility index (Phi) is 5.39. The first kappa shape index (κ1) is 19.9. The van der Waals surface area contributed by atoms with Crippen LogP contribution in [0, 0.1) is 5.92 Å². The largest absolute Gasteiger partial charge is 0.365 e. The number of anilines is 1. The number of rotatable bonds is 6. The lowest BCUT2D eigenvalue weighted by atomic mass is 9.74. The van der Waals surface area contributed by atoms with Crippen LogP contribution in [0.3, 0.4) is 0 Å². The summed E-state index contributed by atoms with van der Waals surface area (Å²) in [4.78, 5) is 43.0. The van der Waals surface area contributed by atoms with Gasteiger partial charge in [-0.25, -0.2) is 9.78 Å². The maximum absolute atomic E-state index is 12.8. The van der Waals surface area contributed by atoms with Crippen molar-refractivity contribution in [1.82, 2.24) is 15.6 Å². The van der Waals surface area contributed by atoms with Crippen LogP contribution in [-0.2, 0) is 11.2 Å². The third-order valence-electron chi connectivity index (χ3n) is 6.16. The molecule has 0 saturated carbocycles. The van der Waals surface area contributed by atoms with Crippen LogP contribution in [-0.4, -0.2) is 41.5 Å². The van der Waals surface area contributed by atoms with Crippen molar-refractivity contribution in [3.05, 3.63) is 59.8 Å². The monoisotopic (exact) mass is 407 g/mol. The Morgan fingerprint density at radius 3 is 2.50 bits per heavy atom. The van der Waals surface area contributed by atoms with Crippen molar-refractivity contribution >= 4 is 23.7 Å². The Hall–Kier alpha value is -3.42. The standard InChI is InChI=1S/C22H25N5O3/c23-18(28)17-7-4-12-24-19(17)27-13-9-16(10-14-27)22(20(29)25-21(30)26-22)11-8-15-5-2-1-3-6-15/h1-7,12,16H,8-11,13-14H2,(H2,23,28)(H2,25,26,29,30)/t22-/m1/s1. The summed E-state index contributed by atoms with van der Waals surface area (Å²) in [5, 5.41) is 5.37. The molecule has 0 radical (unpaired) electrons. The number of aromatic nitrogens is 1. The molecule has 2 aliphatic rings. The first-order valence-electron chi connectivity index (χ1n) is 10.2. The smallest absolute Gasteiger partial charge is 0.322 e. The molecular formula is C22H25N5O3. The maximum Gasteiger partial charge on any atom is 0.322 e. The highest BCUT2D eigenvalue weighted by molar-refractivity contribution is 6.07. The SMILES string of the molecule is NC(=O)c1cccnc1N1CCC([C@@]2(CCc3ccccc3)NC(=O)NC2=O)CC1. The van der Waals surface area contributed by atoms with Gasteiger partial charge in [-0.05, 0) is 49.3 Å². The molecule has 1 aromatic carbocycles. The predicted octanol–water partition coefficient (Wildman–Crippen LogP) is 1.61. The lowest BCUT2D eigenvalue weighted by Crippen LogP contribution is -2.56. The normalized spacial score (nSPS) is 21.9. The minimum absolute atomic E-state index is 0.00958. The first-order valence-corrected chi connectivity index (χ1v) is 10.2. The molecule has 3 heterocycles. The summed E-state index contributed by atoms with van der Waals surface area (Å²) in [6.45, 7) is 1.25. The molecule has 0 bridgehead atoms. The van der Waals surface area contributed by atoms with E-state index in [2.05, 4.69) is 15.6 Å². The van der Waals surface area contributed by atoms with Gasteiger partial charge in [0.2, 0.25) is 0 Å². The van der Waals surface area contributed by atoms with Crippen LogP contribution in [0.5, 0.6) is 0 Å². The average Bonchev–Trinajstić information content (AvgIpc) is 3.07. The van der Waals surface area contributed by atoms with Crippen LogP contribution in [0.15, 0.2) is 48.7 Å². The zero-order chi connectivity index (χ0) is 21.1. The number of nitrogens with two attached hydrogens (primary N) is 1. The number of piperidine rings is 1. The Morgan fingerprint density at radius 2 is 1.87 bits per heavy atom. The molecule has 1 atom stereocenters. The van der Waals surface area contributed by atoms with E-state index in [1.165, 1.54) is 0 Å². The van der Waals surface area contributed by atoms with Crippen molar-refractivity contribution in [2.75, 3.05) is 18.0 Å². The van der Waals surface area contributed by atoms with Gasteiger partial charge in [0.25, 0.3) is 11.8 Å². The minimum Gasteiger partial charge on any atom is -0.365 e. The highest BCUT2D eigenvalue weighted by Crippen LogP contribution is 2.36. The van der Waals surface area contributed by atoms with Gasteiger partial charge in [-0.2, -0.15) is 0 Å². The van der Waals surface area contributed by atoms with Crippen molar-refractivity contribution < 1.29 is 14.4 Å². The van der Waals surface area contributed by atoms with Gasteiger partial charge in [0.1, 0.15) is 11.4 Å². The molecule has 2 aromatic rings. The summed E-state index contributed by atoms with van der Waals surface area (Å²) in [5.41, 5.74) is 6.09. The number of hydrogen-bond acceptors (Lipinski definition) is 5. The van der Waals surface area contributed by atoms with Gasteiger partial charge in [0, 0.05) is 19.3 Å². The number of nitrogens with zero attached hydrogens (tertiary/aromatic N) is 2. The number of nitrogens with one attached hydrogen (secondary N) is 2. The van der Waals surface area contributed by atoms with E-state index in [0.29, 0.717) is 50.2 Å². The van der Waals surface area contributed by atoms with E-state index in [1.807, 2.05) is 35.2 Å². The molecule has 4 N–H and O–H groups in total. The number of pyridine rings is 1. The zero-order valence-corrected chi connectivity index (χ0v) is 16.6. The lowest BCUT2D eigenvalue weighted by Gasteiger charge is -2.41. The van der Waals surface area contributed by atoms with Crippen molar-refractivity contribution in [1.29, 1.82) is 0 Å². The van der Waals surface area contributed by atoms with Gasteiger partial charge < -0.3 is 16.0 Å². The van der Waals surface area contributed by atoms with E-state index in [-0.39, 0.29) is 11.8 Å². The van der Waals surface area contributed by atoms with Crippen LogP contribution in [0.25, 0.3) is 0 Å². The van der Waals surface area contributed by atoms with Crippen molar-refractivity contribution in [3.8, 4) is 0 Å². The van der Waals surface area contributed by atoms with E-state index >= 15 is 0 Å². The number of amides is 4. The summed E-state index contributed by atoms with van der Waals surface area (Å²) in [7, 11) is 0. The van der Waals surface area contributed by atoms with Crippen molar-refractivity contribution in [2.45, 2.75) is 31.2 Å². The van der Waals surface area contributed by atoms with E-state index in [4.69, 9.17) is 5.73 Å². The summed E-state index contributed by atoms with van der Waals surface area (Å²) in [5.74, 6) is -0.203.